The average molecular weight is 404 g/mol. The molecule has 1 aliphatic heterocycles. The number of methoxy groups -OCH3 is 3. The predicted molar refractivity (Wildman–Crippen MR) is 105 cm³/mol. The van der Waals surface area contributed by atoms with E-state index in [0.29, 0.717) is 23.8 Å². The van der Waals surface area contributed by atoms with Gasteiger partial charge in [-0.15, -0.1) is 11.8 Å². The van der Waals surface area contributed by atoms with Crippen molar-refractivity contribution in [2.24, 2.45) is 0 Å². The summed E-state index contributed by atoms with van der Waals surface area (Å²) in [7, 11) is 4.64. The number of amides is 1. The van der Waals surface area contributed by atoms with Crippen LogP contribution < -0.4 is 14.2 Å². The lowest BCUT2D eigenvalue weighted by Crippen LogP contribution is -2.30. The normalized spacial score (nSPS) is 16.0. The molecule has 8 nitrogen and oxygen atoms in total. The summed E-state index contributed by atoms with van der Waals surface area (Å²) >= 11 is 1.59. The van der Waals surface area contributed by atoms with Gasteiger partial charge < -0.3 is 19.1 Å². The van der Waals surface area contributed by atoms with Crippen molar-refractivity contribution in [1.29, 1.82) is 0 Å². The number of carbonyl (C=O) groups is 1. The minimum absolute atomic E-state index is 0.113. The maximum absolute atomic E-state index is 13.1. The quantitative estimate of drug-likeness (QED) is 0.537. The van der Waals surface area contributed by atoms with Gasteiger partial charge in [0.2, 0.25) is 0 Å². The Balaban J connectivity index is 1.98. The Labute approximate surface area is 166 Å². The molecule has 3 rings (SSSR count). The first-order chi connectivity index (χ1) is 13.5. The molecule has 1 saturated heterocycles. The monoisotopic (exact) mass is 404 g/mol. The van der Waals surface area contributed by atoms with E-state index in [0.717, 1.165) is 11.3 Å². The second-order valence-electron chi connectivity index (χ2n) is 5.98. The summed E-state index contributed by atoms with van der Waals surface area (Å²) in [4.78, 5) is 25.3. The third kappa shape index (κ3) is 3.70. The highest BCUT2D eigenvalue weighted by molar-refractivity contribution is 7.99. The first-order valence-electron chi connectivity index (χ1n) is 8.47. The van der Waals surface area contributed by atoms with E-state index in [1.807, 2.05) is 0 Å². The topological polar surface area (TPSA) is 91.1 Å². The van der Waals surface area contributed by atoms with E-state index < -0.39 is 4.92 Å². The lowest BCUT2D eigenvalue weighted by molar-refractivity contribution is -0.384. The van der Waals surface area contributed by atoms with Crippen molar-refractivity contribution in [3.05, 3.63) is 57.6 Å². The molecule has 1 heterocycles. The molecule has 0 bridgehead atoms. The molecule has 2 aromatic rings. The first-order valence-corrected chi connectivity index (χ1v) is 9.52. The molecule has 0 aliphatic carbocycles. The largest absolute Gasteiger partial charge is 0.496 e. The van der Waals surface area contributed by atoms with E-state index in [9.17, 15) is 14.9 Å². The number of benzene rings is 2. The lowest BCUT2D eigenvalue weighted by Gasteiger charge is -2.26. The van der Waals surface area contributed by atoms with E-state index in [1.54, 1.807) is 56.2 Å². The number of non-ortho nitro benzene ring substituents is 1. The van der Waals surface area contributed by atoms with Gasteiger partial charge >= 0.3 is 0 Å². The van der Waals surface area contributed by atoms with Gasteiger partial charge in [0, 0.05) is 41.6 Å². The zero-order valence-corrected chi connectivity index (χ0v) is 16.5. The molecule has 1 fully saturated rings. The highest BCUT2D eigenvalue weighted by Gasteiger charge is 2.34. The summed E-state index contributed by atoms with van der Waals surface area (Å²) in [5.41, 5.74) is 0.945. The van der Waals surface area contributed by atoms with Crippen LogP contribution in [0.4, 0.5) is 5.69 Å². The van der Waals surface area contributed by atoms with Gasteiger partial charge in [-0.3, -0.25) is 14.9 Å². The highest BCUT2D eigenvalue weighted by Crippen LogP contribution is 2.46. The van der Waals surface area contributed by atoms with Gasteiger partial charge in [0.1, 0.15) is 11.1 Å². The summed E-state index contributed by atoms with van der Waals surface area (Å²) < 4.78 is 16.2. The average Bonchev–Trinajstić information content (AvgIpc) is 3.21. The zero-order chi connectivity index (χ0) is 20.3. The van der Waals surface area contributed by atoms with Crippen LogP contribution in [0.3, 0.4) is 0 Å². The van der Waals surface area contributed by atoms with Gasteiger partial charge in [-0.05, 0) is 12.1 Å². The Morgan fingerprint density at radius 3 is 2.43 bits per heavy atom. The number of rotatable bonds is 6. The van der Waals surface area contributed by atoms with Crippen LogP contribution in [-0.4, -0.2) is 49.4 Å². The van der Waals surface area contributed by atoms with Crippen LogP contribution >= 0.6 is 11.8 Å². The van der Waals surface area contributed by atoms with Crippen LogP contribution in [-0.2, 0) is 0 Å². The summed E-state index contributed by atoms with van der Waals surface area (Å²) in [6.45, 7) is 0.522. The molecule has 1 unspecified atom stereocenters. The van der Waals surface area contributed by atoms with Crippen molar-refractivity contribution in [1.82, 2.24) is 4.90 Å². The Hall–Kier alpha value is -2.94. The lowest BCUT2D eigenvalue weighted by atomic mass is 10.1. The smallest absolute Gasteiger partial charge is 0.270 e. The van der Waals surface area contributed by atoms with Gasteiger partial charge in [-0.2, -0.15) is 0 Å². The highest BCUT2D eigenvalue weighted by atomic mass is 32.2. The number of ether oxygens (including phenoxy) is 3. The SMILES string of the molecule is COc1cc(OC)c(C2SCCN2C(=O)c2cccc([N+](=O)[O-])c2)cc1OC. The molecule has 0 spiro atoms. The van der Waals surface area contributed by atoms with E-state index in [2.05, 4.69) is 0 Å². The fraction of sp³-hybridized carbons (Fsp3) is 0.316. The molecule has 1 atom stereocenters. The zero-order valence-electron chi connectivity index (χ0n) is 15.7. The van der Waals surface area contributed by atoms with Crippen molar-refractivity contribution in [2.45, 2.75) is 5.37 Å². The fourth-order valence-corrected chi connectivity index (χ4v) is 4.37. The molecule has 1 aliphatic rings. The number of hydrogen-bond donors (Lipinski definition) is 0. The van der Waals surface area contributed by atoms with E-state index in [4.69, 9.17) is 14.2 Å². The number of nitro benzene ring substituents is 1. The molecule has 0 saturated carbocycles. The van der Waals surface area contributed by atoms with Crippen LogP contribution in [0.15, 0.2) is 36.4 Å². The minimum Gasteiger partial charge on any atom is -0.496 e. The van der Waals surface area contributed by atoms with Crippen LogP contribution in [0.5, 0.6) is 17.2 Å². The van der Waals surface area contributed by atoms with Crippen molar-refractivity contribution < 1.29 is 23.9 Å². The maximum Gasteiger partial charge on any atom is 0.270 e. The summed E-state index contributed by atoms with van der Waals surface area (Å²) in [5.74, 6) is 2.11. The summed E-state index contributed by atoms with van der Waals surface area (Å²) in [5, 5.41) is 10.7. The second-order valence-corrected chi connectivity index (χ2v) is 7.17. The standard InChI is InChI=1S/C19H20N2O6S/c1-25-15-11-17(27-3)16(26-2)10-14(15)19-20(7-8-28-19)18(22)12-5-4-6-13(9-12)21(23)24/h4-6,9-11,19H,7-8H2,1-3H3. The number of carbonyl (C=O) groups excluding carboxylic acids is 1. The van der Waals surface area contributed by atoms with Crippen molar-refractivity contribution in [3.8, 4) is 17.2 Å². The fourth-order valence-electron chi connectivity index (χ4n) is 3.10. The van der Waals surface area contributed by atoms with Crippen LogP contribution in [0.2, 0.25) is 0 Å². The molecular weight excluding hydrogens is 384 g/mol. The third-order valence-electron chi connectivity index (χ3n) is 4.46. The number of thioether (sulfide) groups is 1. The summed E-state index contributed by atoms with van der Waals surface area (Å²) in [6.07, 6.45) is 0. The Morgan fingerprint density at radius 2 is 1.79 bits per heavy atom. The first kappa shape index (κ1) is 19.8. The van der Waals surface area contributed by atoms with Crippen LogP contribution in [0.1, 0.15) is 21.3 Å². The molecule has 2 aromatic carbocycles. The van der Waals surface area contributed by atoms with Gasteiger partial charge in [-0.1, -0.05) is 6.07 Å². The van der Waals surface area contributed by atoms with Gasteiger partial charge in [0.05, 0.1) is 26.3 Å². The molecule has 9 heteroatoms. The van der Waals surface area contributed by atoms with Crippen molar-refractivity contribution in [2.75, 3.05) is 33.6 Å². The molecule has 28 heavy (non-hydrogen) atoms. The molecule has 0 aromatic heterocycles. The van der Waals surface area contributed by atoms with Crippen molar-refractivity contribution >= 4 is 23.4 Å². The van der Waals surface area contributed by atoms with Crippen LogP contribution in [0, 0.1) is 10.1 Å². The summed E-state index contributed by atoms with van der Waals surface area (Å²) in [6, 6.07) is 9.29. The number of hydrogen-bond acceptors (Lipinski definition) is 7. The molecule has 1 amide bonds. The van der Waals surface area contributed by atoms with Gasteiger partial charge in [-0.25, -0.2) is 0 Å². The Bertz CT molecular complexity index is 904. The number of nitrogens with zero attached hydrogens (tertiary/aromatic N) is 2. The number of nitro groups is 1. The maximum atomic E-state index is 13.1. The second kappa shape index (κ2) is 8.39. The Morgan fingerprint density at radius 1 is 1.11 bits per heavy atom. The van der Waals surface area contributed by atoms with E-state index in [-0.39, 0.29) is 22.5 Å². The van der Waals surface area contributed by atoms with Gasteiger partial charge in [0.15, 0.2) is 11.5 Å². The molecule has 148 valence electrons. The van der Waals surface area contributed by atoms with Gasteiger partial charge in [0.25, 0.3) is 11.6 Å². The Kier molecular flexibility index (Phi) is 5.93. The predicted octanol–water partition coefficient (Wildman–Crippen LogP) is 3.51. The van der Waals surface area contributed by atoms with E-state index >= 15 is 0 Å². The third-order valence-corrected chi connectivity index (χ3v) is 5.70. The molecular formula is C19H20N2O6S. The van der Waals surface area contributed by atoms with Crippen LogP contribution in [0.25, 0.3) is 0 Å². The minimum atomic E-state index is -0.510. The molecule has 0 N–H and O–H groups in total. The molecule has 0 radical (unpaired) electrons. The van der Waals surface area contributed by atoms with Crippen molar-refractivity contribution in [3.63, 3.8) is 0 Å². The van der Waals surface area contributed by atoms with E-state index in [1.165, 1.54) is 18.2 Å².